The van der Waals surface area contributed by atoms with Gasteiger partial charge in [-0.05, 0) is 6.92 Å². The Bertz CT molecular complexity index is 474. The van der Waals surface area contributed by atoms with Crippen LogP contribution in [-0.4, -0.2) is 19.6 Å². The van der Waals surface area contributed by atoms with Crippen LogP contribution >= 0.6 is 12.2 Å². The summed E-state index contributed by atoms with van der Waals surface area (Å²) < 4.78 is 1.67. The Morgan fingerprint density at radius 3 is 3.08 bits per heavy atom. The summed E-state index contributed by atoms with van der Waals surface area (Å²) in [5.74, 6) is 0. The van der Waals surface area contributed by atoms with Crippen molar-refractivity contribution in [3.63, 3.8) is 0 Å². The van der Waals surface area contributed by atoms with E-state index in [2.05, 4.69) is 10.1 Å². The third-order valence-electron chi connectivity index (χ3n) is 1.72. The van der Waals surface area contributed by atoms with Crippen LogP contribution in [0, 0.1) is 6.92 Å². The number of rotatable bonds is 1. The van der Waals surface area contributed by atoms with Crippen molar-refractivity contribution in [1.29, 1.82) is 0 Å². The first-order valence-corrected chi connectivity index (χ1v) is 4.19. The molecule has 13 heavy (non-hydrogen) atoms. The van der Waals surface area contributed by atoms with E-state index in [4.69, 9.17) is 18.0 Å². The van der Waals surface area contributed by atoms with Crippen LogP contribution in [0.15, 0.2) is 18.5 Å². The lowest BCUT2D eigenvalue weighted by molar-refractivity contribution is 0.915. The monoisotopic (exact) mass is 192 g/mol. The third kappa shape index (κ3) is 1.38. The lowest BCUT2D eigenvalue weighted by Gasteiger charge is -1.97. The van der Waals surface area contributed by atoms with Crippen molar-refractivity contribution in [2.24, 2.45) is 5.73 Å². The summed E-state index contributed by atoms with van der Waals surface area (Å²) in [6.07, 6.45) is 3.43. The Kier molecular flexibility index (Phi) is 1.73. The molecule has 0 fully saturated rings. The van der Waals surface area contributed by atoms with Crippen molar-refractivity contribution in [1.82, 2.24) is 14.6 Å². The molecule has 0 saturated carbocycles. The van der Waals surface area contributed by atoms with E-state index in [1.54, 1.807) is 16.9 Å². The first-order chi connectivity index (χ1) is 6.16. The topological polar surface area (TPSA) is 56.2 Å². The molecule has 0 aliphatic carbocycles. The number of hydrogen-bond acceptors (Lipinski definition) is 3. The van der Waals surface area contributed by atoms with Gasteiger partial charge in [-0.3, -0.25) is 0 Å². The fraction of sp³-hybridized carbons (Fsp3) is 0.125. The summed E-state index contributed by atoms with van der Waals surface area (Å²) in [6.45, 7) is 1.91. The highest BCUT2D eigenvalue weighted by Crippen LogP contribution is 2.04. The van der Waals surface area contributed by atoms with Gasteiger partial charge in [-0.15, -0.1) is 0 Å². The molecule has 66 valence electrons. The molecule has 0 bridgehead atoms. The van der Waals surface area contributed by atoms with Gasteiger partial charge in [-0.2, -0.15) is 5.10 Å². The second-order valence-corrected chi connectivity index (χ2v) is 3.24. The lowest BCUT2D eigenvalue weighted by atomic mass is 10.3. The van der Waals surface area contributed by atoms with Crippen LogP contribution in [0.3, 0.4) is 0 Å². The van der Waals surface area contributed by atoms with E-state index >= 15 is 0 Å². The van der Waals surface area contributed by atoms with Crippen LogP contribution < -0.4 is 5.73 Å². The highest BCUT2D eigenvalue weighted by molar-refractivity contribution is 7.80. The molecular weight excluding hydrogens is 184 g/mol. The van der Waals surface area contributed by atoms with E-state index in [-0.39, 0.29) is 0 Å². The molecule has 0 aromatic carbocycles. The minimum atomic E-state index is 0.336. The Morgan fingerprint density at radius 1 is 1.62 bits per heavy atom. The summed E-state index contributed by atoms with van der Waals surface area (Å²) in [4.78, 5) is 4.49. The van der Waals surface area contributed by atoms with E-state index < -0.39 is 0 Å². The average Bonchev–Trinajstić information content (AvgIpc) is 2.42. The SMILES string of the molecule is Cc1cc2ncc(C(N)=S)cn2n1. The Balaban J connectivity index is 2.67. The van der Waals surface area contributed by atoms with Gasteiger partial charge in [0.05, 0.1) is 5.69 Å². The second-order valence-electron chi connectivity index (χ2n) is 2.80. The maximum Gasteiger partial charge on any atom is 0.155 e. The van der Waals surface area contributed by atoms with Crippen molar-refractivity contribution in [2.75, 3.05) is 0 Å². The van der Waals surface area contributed by atoms with Gasteiger partial charge in [0.15, 0.2) is 5.65 Å². The standard InChI is InChI=1S/C8H8N4S/c1-5-2-7-10-3-6(8(9)13)4-12(7)11-5/h2-4H,1H3,(H2,9,13). The van der Waals surface area contributed by atoms with Crippen LogP contribution in [0.4, 0.5) is 0 Å². The maximum absolute atomic E-state index is 5.46. The fourth-order valence-corrected chi connectivity index (χ4v) is 1.23. The van der Waals surface area contributed by atoms with Gasteiger partial charge in [0, 0.05) is 24.0 Å². The number of aryl methyl sites for hydroxylation is 1. The van der Waals surface area contributed by atoms with E-state index in [9.17, 15) is 0 Å². The molecule has 0 aliphatic heterocycles. The molecule has 0 amide bonds. The molecule has 0 saturated heterocycles. The quantitative estimate of drug-likeness (QED) is 0.675. The summed E-state index contributed by atoms with van der Waals surface area (Å²) in [6, 6.07) is 1.89. The molecule has 2 heterocycles. The zero-order valence-electron chi connectivity index (χ0n) is 7.06. The van der Waals surface area contributed by atoms with Gasteiger partial charge >= 0.3 is 0 Å². The summed E-state index contributed by atoms with van der Waals surface area (Å²) in [5.41, 5.74) is 7.92. The normalized spacial score (nSPS) is 10.5. The van der Waals surface area contributed by atoms with Crippen molar-refractivity contribution in [2.45, 2.75) is 6.92 Å². The zero-order chi connectivity index (χ0) is 9.42. The second kappa shape index (κ2) is 2.77. The zero-order valence-corrected chi connectivity index (χ0v) is 7.88. The number of thiocarbonyl (C=S) groups is 1. The smallest absolute Gasteiger partial charge is 0.155 e. The molecule has 0 radical (unpaired) electrons. The molecular formula is C8H8N4S. The average molecular weight is 192 g/mol. The number of aromatic nitrogens is 3. The molecule has 2 aromatic heterocycles. The number of fused-ring (bicyclic) bond motifs is 1. The van der Waals surface area contributed by atoms with Crippen LogP contribution in [-0.2, 0) is 0 Å². The predicted octanol–water partition coefficient (Wildman–Crippen LogP) is 0.672. The van der Waals surface area contributed by atoms with Crippen molar-refractivity contribution < 1.29 is 0 Å². The highest BCUT2D eigenvalue weighted by atomic mass is 32.1. The highest BCUT2D eigenvalue weighted by Gasteiger charge is 2.01. The van der Waals surface area contributed by atoms with E-state index in [0.717, 1.165) is 16.9 Å². The van der Waals surface area contributed by atoms with Crippen molar-refractivity contribution in [3.05, 3.63) is 29.7 Å². The van der Waals surface area contributed by atoms with Crippen LogP contribution in [0.2, 0.25) is 0 Å². The van der Waals surface area contributed by atoms with E-state index in [0.29, 0.717) is 4.99 Å². The van der Waals surface area contributed by atoms with Crippen molar-refractivity contribution >= 4 is 22.9 Å². The molecule has 5 heteroatoms. The molecule has 2 aromatic rings. The minimum absolute atomic E-state index is 0.336. The number of nitrogens with two attached hydrogens (primary N) is 1. The van der Waals surface area contributed by atoms with Gasteiger partial charge in [0.1, 0.15) is 4.99 Å². The molecule has 0 unspecified atom stereocenters. The van der Waals surface area contributed by atoms with Gasteiger partial charge in [0.2, 0.25) is 0 Å². The molecule has 4 nitrogen and oxygen atoms in total. The van der Waals surface area contributed by atoms with Crippen LogP contribution in [0.1, 0.15) is 11.3 Å². The molecule has 0 atom stereocenters. The minimum Gasteiger partial charge on any atom is -0.389 e. The molecule has 2 rings (SSSR count). The Morgan fingerprint density at radius 2 is 2.38 bits per heavy atom. The number of nitrogens with zero attached hydrogens (tertiary/aromatic N) is 3. The van der Waals surface area contributed by atoms with Gasteiger partial charge in [0.25, 0.3) is 0 Å². The first-order valence-electron chi connectivity index (χ1n) is 3.78. The van der Waals surface area contributed by atoms with Crippen LogP contribution in [0.25, 0.3) is 5.65 Å². The first kappa shape index (κ1) is 8.12. The largest absolute Gasteiger partial charge is 0.389 e. The third-order valence-corrected chi connectivity index (χ3v) is 1.96. The Labute approximate surface area is 80.4 Å². The molecule has 0 aliphatic rings. The number of hydrogen-bond donors (Lipinski definition) is 1. The fourth-order valence-electron chi connectivity index (χ4n) is 1.12. The van der Waals surface area contributed by atoms with Gasteiger partial charge in [-0.25, -0.2) is 9.50 Å². The Hall–Kier alpha value is -1.49. The lowest BCUT2D eigenvalue weighted by Crippen LogP contribution is -2.11. The van der Waals surface area contributed by atoms with Gasteiger partial charge in [-0.1, -0.05) is 12.2 Å². The van der Waals surface area contributed by atoms with Crippen LogP contribution in [0.5, 0.6) is 0 Å². The predicted molar refractivity (Wildman–Crippen MR) is 53.6 cm³/mol. The summed E-state index contributed by atoms with van der Waals surface area (Å²) >= 11 is 4.83. The maximum atomic E-state index is 5.46. The summed E-state index contributed by atoms with van der Waals surface area (Å²) in [7, 11) is 0. The van der Waals surface area contributed by atoms with E-state index in [1.165, 1.54) is 0 Å². The van der Waals surface area contributed by atoms with E-state index in [1.807, 2.05) is 13.0 Å². The van der Waals surface area contributed by atoms with Gasteiger partial charge < -0.3 is 5.73 Å². The summed E-state index contributed by atoms with van der Waals surface area (Å²) in [5, 5.41) is 4.20. The van der Waals surface area contributed by atoms with Crippen molar-refractivity contribution in [3.8, 4) is 0 Å². The molecule has 0 spiro atoms. The molecule has 2 N–H and O–H groups in total.